The number of aromatic nitrogens is 1. The molecule has 0 saturated carbocycles. The van der Waals surface area contributed by atoms with Crippen LogP contribution >= 0.6 is 11.8 Å². The summed E-state index contributed by atoms with van der Waals surface area (Å²) >= 11 is 1.52. The van der Waals surface area contributed by atoms with E-state index in [1.807, 2.05) is 19.1 Å². The van der Waals surface area contributed by atoms with Crippen LogP contribution in [0.3, 0.4) is 0 Å². The van der Waals surface area contributed by atoms with Crippen LogP contribution in [0.1, 0.15) is 30.6 Å². The van der Waals surface area contributed by atoms with Crippen molar-refractivity contribution < 1.29 is 4.42 Å². The van der Waals surface area contributed by atoms with Gasteiger partial charge < -0.3 is 10.2 Å². The maximum absolute atomic E-state index is 6.09. The van der Waals surface area contributed by atoms with Crippen molar-refractivity contribution in [3.8, 4) is 0 Å². The van der Waals surface area contributed by atoms with E-state index >= 15 is 0 Å². The zero-order valence-corrected chi connectivity index (χ0v) is 10.8. The summed E-state index contributed by atoms with van der Waals surface area (Å²) < 4.78 is 5.35. The molecule has 0 saturated heterocycles. The van der Waals surface area contributed by atoms with Gasteiger partial charge in [0, 0.05) is 10.9 Å². The third-order valence-corrected chi connectivity index (χ3v) is 3.51. The van der Waals surface area contributed by atoms with Gasteiger partial charge >= 0.3 is 0 Å². The van der Waals surface area contributed by atoms with Gasteiger partial charge in [-0.1, -0.05) is 25.1 Å². The summed E-state index contributed by atoms with van der Waals surface area (Å²) in [7, 11) is 0. The largest absolute Gasteiger partial charge is 0.439 e. The Hall–Kier alpha value is -1.26. The third-order valence-electron chi connectivity index (χ3n) is 2.55. The van der Waals surface area contributed by atoms with E-state index in [1.165, 1.54) is 11.8 Å². The summed E-state index contributed by atoms with van der Waals surface area (Å²) in [5.74, 6) is 0. The highest BCUT2D eigenvalue weighted by atomic mass is 32.2. The second-order valence-electron chi connectivity index (χ2n) is 3.91. The molecule has 0 radical (unpaired) electrons. The normalized spacial score (nSPS) is 12.6. The van der Waals surface area contributed by atoms with Crippen molar-refractivity contribution in [3.05, 3.63) is 41.8 Å². The fourth-order valence-electron chi connectivity index (χ4n) is 1.57. The number of nitrogens with two attached hydrogens (primary N) is 1. The first-order valence-electron chi connectivity index (χ1n) is 5.65. The lowest BCUT2D eigenvalue weighted by molar-refractivity contribution is 0.454. The fraction of sp³-hybridized carbons (Fsp3) is 0.308. The molecule has 4 heteroatoms. The van der Waals surface area contributed by atoms with E-state index in [9.17, 15) is 0 Å². The summed E-state index contributed by atoms with van der Waals surface area (Å²) in [5.41, 5.74) is 8.13. The maximum Gasteiger partial charge on any atom is 0.260 e. The van der Waals surface area contributed by atoms with E-state index in [1.54, 1.807) is 6.26 Å². The van der Waals surface area contributed by atoms with Gasteiger partial charge in [-0.25, -0.2) is 4.98 Å². The number of oxazole rings is 1. The molecule has 0 unspecified atom stereocenters. The quantitative estimate of drug-likeness (QED) is 0.899. The number of nitrogens with zero attached hydrogens (tertiary/aromatic N) is 1. The SMILES string of the molecule is CC[C@@H](N)c1ccccc1Sc1nc(C)co1. The Morgan fingerprint density at radius 3 is 2.82 bits per heavy atom. The molecular formula is C13H16N2OS. The Kier molecular flexibility index (Phi) is 3.86. The zero-order chi connectivity index (χ0) is 12.3. The average Bonchev–Trinajstić information content (AvgIpc) is 2.74. The Labute approximate surface area is 105 Å². The Morgan fingerprint density at radius 2 is 2.18 bits per heavy atom. The van der Waals surface area contributed by atoms with Crippen LogP contribution in [0.5, 0.6) is 0 Å². The van der Waals surface area contributed by atoms with Crippen molar-refractivity contribution in [2.24, 2.45) is 5.73 Å². The van der Waals surface area contributed by atoms with Gasteiger partial charge in [-0.3, -0.25) is 0 Å². The Morgan fingerprint density at radius 1 is 1.41 bits per heavy atom. The maximum atomic E-state index is 6.09. The van der Waals surface area contributed by atoms with Gasteiger partial charge in [-0.05, 0) is 36.7 Å². The molecule has 1 aromatic carbocycles. The monoisotopic (exact) mass is 248 g/mol. The number of hydrogen-bond acceptors (Lipinski definition) is 4. The summed E-state index contributed by atoms with van der Waals surface area (Å²) in [4.78, 5) is 5.40. The van der Waals surface area contributed by atoms with E-state index in [2.05, 4.69) is 24.0 Å². The first-order chi connectivity index (χ1) is 8.20. The van der Waals surface area contributed by atoms with Crippen molar-refractivity contribution in [3.63, 3.8) is 0 Å². The van der Waals surface area contributed by atoms with Crippen LogP contribution < -0.4 is 5.73 Å². The highest BCUT2D eigenvalue weighted by Gasteiger charge is 2.12. The minimum Gasteiger partial charge on any atom is -0.439 e. The van der Waals surface area contributed by atoms with Gasteiger partial charge in [0.25, 0.3) is 5.22 Å². The average molecular weight is 248 g/mol. The molecule has 17 heavy (non-hydrogen) atoms. The predicted molar refractivity (Wildman–Crippen MR) is 69.0 cm³/mol. The molecule has 1 atom stereocenters. The van der Waals surface area contributed by atoms with Crippen LogP contribution in [0.2, 0.25) is 0 Å². The van der Waals surface area contributed by atoms with Crippen LogP contribution in [0.4, 0.5) is 0 Å². The first kappa shape index (κ1) is 12.2. The molecule has 0 amide bonds. The molecular weight excluding hydrogens is 232 g/mol. The van der Waals surface area contributed by atoms with Gasteiger partial charge in [-0.15, -0.1) is 0 Å². The molecule has 2 rings (SSSR count). The molecule has 2 N–H and O–H groups in total. The summed E-state index contributed by atoms with van der Waals surface area (Å²) in [5, 5.41) is 0.665. The van der Waals surface area contributed by atoms with E-state index in [0.717, 1.165) is 22.6 Å². The van der Waals surface area contributed by atoms with Crippen molar-refractivity contribution in [1.29, 1.82) is 0 Å². The molecule has 0 aliphatic rings. The first-order valence-corrected chi connectivity index (χ1v) is 6.47. The molecule has 3 nitrogen and oxygen atoms in total. The molecule has 0 spiro atoms. The van der Waals surface area contributed by atoms with Gasteiger partial charge in [0.15, 0.2) is 0 Å². The van der Waals surface area contributed by atoms with Gasteiger partial charge in [0.1, 0.15) is 6.26 Å². The standard InChI is InChI=1S/C13H16N2OS/c1-3-11(14)10-6-4-5-7-12(10)17-13-15-9(2)8-16-13/h4-8,11H,3,14H2,1-2H3/t11-/m1/s1. The van der Waals surface area contributed by atoms with Crippen LogP contribution in [0, 0.1) is 6.92 Å². The van der Waals surface area contributed by atoms with E-state index in [-0.39, 0.29) is 6.04 Å². The van der Waals surface area contributed by atoms with Gasteiger partial charge in [-0.2, -0.15) is 0 Å². The lowest BCUT2D eigenvalue weighted by atomic mass is 10.1. The summed E-state index contributed by atoms with van der Waals surface area (Å²) in [6.07, 6.45) is 2.58. The van der Waals surface area contributed by atoms with Crippen molar-refractivity contribution in [1.82, 2.24) is 4.98 Å². The van der Waals surface area contributed by atoms with E-state index < -0.39 is 0 Å². The lowest BCUT2D eigenvalue weighted by Crippen LogP contribution is -2.09. The van der Waals surface area contributed by atoms with E-state index in [0.29, 0.717) is 5.22 Å². The smallest absolute Gasteiger partial charge is 0.260 e. The predicted octanol–water partition coefficient (Wildman–Crippen LogP) is 3.54. The number of rotatable bonds is 4. The lowest BCUT2D eigenvalue weighted by Gasteiger charge is -2.12. The van der Waals surface area contributed by atoms with Crippen molar-refractivity contribution >= 4 is 11.8 Å². The Bertz CT molecular complexity index is 496. The molecule has 2 aromatic rings. The van der Waals surface area contributed by atoms with Crippen molar-refractivity contribution in [2.45, 2.75) is 36.4 Å². The summed E-state index contributed by atoms with van der Waals surface area (Å²) in [6, 6.07) is 8.19. The number of benzene rings is 1. The van der Waals surface area contributed by atoms with Crippen molar-refractivity contribution in [2.75, 3.05) is 0 Å². The molecule has 0 aliphatic carbocycles. The second-order valence-corrected chi connectivity index (χ2v) is 4.90. The Balaban J connectivity index is 2.26. The second kappa shape index (κ2) is 5.38. The zero-order valence-electron chi connectivity index (χ0n) is 10.0. The molecule has 90 valence electrons. The molecule has 1 aromatic heterocycles. The minimum atomic E-state index is 0.0646. The number of hydrogen-bond donors (Lipinski definition) is 1. The van der Waals surface area contributed by atoms with Crippen LogP contribution in [-0.2, 0) is 0 Å². The highest BCUT2D eigenvalue weighted by molar-refractivity contribution is 7.99. The minimum absolute atomic E-state index is 0.0646. The topological polar surface area (TPSA) is 52.0 Å². The highest BCUT2D eigenvalue weighted by Crippen LogP contribution is 2.32. The summed E-state index contributed by atoms with van der Waals surface area (Å²) in [6.45, 7) is 4.00. The van der Waals surface area contributed by atoms with Gasteiger partial charge in [0.05, 0.1) is 5.69 Å². The van der Waals surface area contributed by atoms with E-state index in [4.69, 9.17) is 10.2 Å². The molecule has 0 bridgehead atoms. The fourth-order valence-corrected chi connectivity index (χ4v) is 2.53. The number of aryl methyl sites for hydroxylation is 1. The van der Waals surface area contributed by atoms with Crippen LogP contribution in [0.15, 0.2) is 45.1 Å². The molecule has 0 fully saturated rings. The molecule has 0 aliphatic heterocycles. The molecule has 1 heterocycles. The third kappa shape index (κ3) is 2.90. The van der Waals surface area contributed by atoms with Gasteiger partial charge in [0.2, 0.25) is 0 Å². The van der Waals surface area contributed by atoms with Crippen LogP contribution in [-0.4, -0.2) is 4.98 Å². The van der Waals surface area contributed by atoms with Crippen LogP contribution in [0.25, 0.3) is 0 Å².